The van der Waals surface area contributed by atoms with E-state index in [0.717, 1.165) is 12.3 Å². The maximum atomic E-state index is 12.1. The number of likely N-dealkylation sites (N-methyl/N-ethyl adjacent to an activating group) is 1. The molecule has 1 N–H and O–H groups in total. The molecule has 2 rings (SSSR count). The number of ether oxygens (including phenoxy) is 2. The zero-order valence-electron chi connectivity index (χ0n) is 11.5. The molecule has 1 fully saturated rings. The summed E-state index contributed by atoms with van der Waals surface area (Å²) in [4.78, 5) is 13.7. The molecule has 1 saturated heterocycles. The molecule has 20 heavy (non-hydrogen) atoms. The van der Waals surface area contributed by atoms with Gasteiger partial charge in [0.15, 0.2) is 0 Å². The molecule has 0 radical (unpaired) electrons. The van der Waals surface area contributed by atoms with E-state index in [1.54, 1.807) is 36.2 Å². The average Bonchev–Trinajstić information content (AvgIpc) is 2.49. The molecule has 0 aliphatic carbocycles. The third kappa shape index (κ3) is 4.37. The first-order valence-electron chi connectivity index (χ1n) is 6.62. The Hall–Kier alpha value is -1.30. The van der Waals surface area contributed by atoms with Gasteiger partial charge in [0, 0.05) is 25.2 Å². The second-order valence-corrected chi connectivity index (χ2v) is 5.06. The lowest BCUT2D eigenvalue weighted by Crippen LogP contribution is -2.49. The summed E-state index contributed by atoms with van der Waals surface area (Å²) in [7, 11) is 1.76. The molecule has 0 bridgehead atoms. The quantitative estimate of drug-likeness (QED) is 0.886. The van der Waals surface area contributed by atoms with Gasteiger partial charge in [0.05, 0.1) is 13.2 Å². The molecule has 110 valence electrons. The number of halogens is 1. The molecule has 1 aliphatic rings. The predicted octanol–water partition coefficient (Wildman–Crippen LogP) is 1.17. The van der Waals surface area contributed by atoms with E-state index in [-0.39, 0.29) is 12.0 Å². The van der Waals surface area contributed by atoms with Crippen LogP contribution in [-0.2, 0) is 9.53 Å². The van der Waals surface area contributed by atoms with E-state index in [9.17, 15) is 4.79 Å². The highest BCUT2D eigenvalue weighted by Crippen LogP contribution is 2.15. The largest absolute Gasteiger partial charge is 0.492 e. The Kier molecular flexibility index (Phi) is 5.64. The van der Waals surface area contributed by atoms with Crippen LogP contribution in [-0.4, -0.2) is 56.8 Å². The van der Waals surface area contributed by atoms with Crippen molar-refractivity contribution in [1.29, 1.82) is 0 Å². The number of amides is 1. The lowest BCUT2D eigenvalue weighted by atomic mass is 10.2. The van der Waals surface area contributed by atoms with E-state index in [1.807, 2.05) is 0 Å². The fourth-order valence-electron chi connectivity index (χ4n) is 1.91. The van der Waals surface area contributed by atoms with Crippen LogP contribution in [0.3, 0.4) is 0 Å². The molecule has 1 aromatic rings. The van der Waals surface area contributed by atoms with E-state index in [2.05, 4.69) is 5.32 Å². The van der Waals surface area contributed by atoms with E-state index < -0.39 is 0 Å². The van der Waals surface area contributed by atoms with E-state index in [1.165, 1.54) is 0 Å². The number of benzene rings is 1. The van der Waals surface area contributed by atoms with Gasteiger partial charge in [-0.1, -0.05) is 11.6 Å². The van der Waals surface area contributed by atoms with Crippen LogP contribution in [0, 0.1) is 0 Å². The summed E-state index contributed by atoms with van der Waals surface area (Å²) in [5, 5.41) is 3.81. The minimum atomic E-state index is -0.385. The van der Waals surface area contributed by atoms with Crippen LogP contribution < -0.4 is 10.1 Å². The maximum absolute atomic E-state index is 12.1. The molecular formula is C14H19ClN2O3. The van der Waals surface area contributed by atoms with Crippen molar-refractivity contribution in [1.82, 2.24) is 10.2 Å². The van der Waals surface area contributed by atoms with Gasteiger partial charge < -0.3 is 19.7 Å². The van der Waals surface area contributed by atoms with Gasteiger partial charge in [-0.05, 0) is 24.3 Å². The topological polar surface area (TPSA) is 50.8 Å². The summed E-state index contributed by atoms with van der Waals surface area (Å²) in [5.41, 5.74) is 0. The van der Waals surface area contributed by atoms with Gasteiger partial charge in [-0.3, -0.25) is 4.79 Å². The van der Waals surface area contributed by atoms with Crippen LogP contribution in [0.25, 0.3) is 0 Å². The van der Waals surface area contributed by atoms with Crippen molar-refractivity contribution >= 4 is 17.5 Å². The van der Waals surface area contributed by atoms with Gasteiger partial charge in [0.25, 0.3) is 5.91 Å². The highest BCUT2D eigenvalue weighted by atomic mass is 35.5. The summed E-state index contributed by atoms with van der Waals surface area (Å²) < 4.78 is 11.0. The average molecular weight is 299 g/mol. The number of hydrogen-bond acceptors (Lipinski definition) is 4. The van der Waals surface area contributed by atoms with E-state index in [4.69, 9.17) is 21.1 Å². The van der Waals surface area contributed by atoms with Gasteiger partial charge in [-0.25, -0.2) is 0 Å². The number of carbonyl (C=O) groups excluding carboxylic acids is 1. The standard InChI is InChI=1S/C14H19ClN2O3/c1-17(14(18)13-10-16-6-8-20-13)7-9-19-12-4-2-11(15)3-5-12/h2-5,13,16H,6-10H2,1H3. The second-order valence-electron chi connectivity index (χ2n) is 4.63. The van der Waals surface area contributed by atoms with Gasteiger partial charge in [0.2, 0.25) is 0 Å². The maximum Gasteiger partial charge on any atom is 0.252 e. The highest BCUT2D eigenvalue weighted by Gasteiger charge is 2.24. The van der Waals surface area contributed by atoms with Crippen molar-refractivity contribution in [2.45, 2.75) is 6.10 Å². The third-order valence-electron chi connectivity index (χ3n) is 3.09. The summed E-state index contributed by atoms with van der Waals surface area (Å²) in [5.74, 6) is 0.725. The van der Waals surface area contributed by atoms with E-state index in [0.29, 0.717) is 31.3 Å². The molecule has 1 atom stereocenters. The van der Waals surface area contributed by atoms with E-state index >= 15 is 0 Å². The Morgan fingerprint density at radius 2 is 2.25 bits per heavy atom. The van der Waals surface area contributed by atoms with Crippen LogP contribution in [0.15, 0.2) is 24.3 Å². The van der Waals surface area contributed by atoms with Gasteiger partial charge in [-0.2, -0.15) is 0 Å². The first kappa shape index (κ1) is 15.1. The van der Waals surface area contributed by atoms with Crippen LogP contribution in [0.2, 0.25) is 5.02 Å². The van der Waals surface area contributed by atoms with Crippen molar-refractivity contribution < 1.29 is 14.3 Å². The molecule has 1 aliphatic heterocycles. The number of morpholine rings is 1. The number of rotatable bonds is 5. The Balaban J connectivity index is 1.72. The van der Waals surface area contributed by atoms with Crippen molar-refractivity contribution in [2.24, 2.45) is 0 Å². The second kappa shape index (κ2) is 7.47. The third-order valence-corrected chi connectivity index (χ3v) is 3.34. The fourth-order valence-corrected chi connectivity index (χ4v) is 2.04. The Morgan fingerprint density at radius 1 is 1.50 bits per heavy atom. The van der Waals surface area contributed by atoms with Crippen molar-refractivity contribution in [3.8, 4) is 5.75 Å². The van der Waals surface area contributed by atoms with Crippen LogP contribution >= 0.6 is 11.6 Å². The van der Waals surface area contributed by atoms with Crippen LogP contribution in [0.1, 0.15) is 0 Å². The van der Waals surface area contributed by atoms with Crippen LogP contribution in [0.5, 0.6) is 5.75 Å². The molecule has 6 heteroatoms. The normalized spacial score (nSPS) is 18.6. The highest BCUT2D eigenvalue weighted by molar-refractivity contribution is 6.30. The monoisotopic (exact) mass is 298 g/mol. The molecule has 1 unspecified atom stereocenters. The van der Waals surface area contributed by atoms with Crippen molar-refractivity contribution in [3.05, 3.63) is 29.3 Å². The minimum Gasteiger partial charge on any atom is -0.492 e. The summed E-state index contributed by atoms with van der Waals surface area (Å²) in [6, 6.07) is 7.15. The minimum absolute atomic E-state index is 0.0168. The number of nitrogens with zero attached hydrogens (tertiary/aromatic N) is 1. The lowest BCUT2D eigenvalue weighted by Gasteiger charge is -2.27. The fraction of sp³-hybridized carbons (Fsp3) is 0.500. The zero-order valence-corrected chi connectivity index (χ0v) is 12.2. The smallest absolute Gasteiger partial charge is 0.252 e. The van der Waals surface area contributed by atoms with Crippen LogP contribution in [0.4, 0.5) is 0 Å². The van der Waals surface area contributed by atoms with Gasteiger partial charge in [0.1, 0.15) is 18.5 Å². The predicted molar refractivity (Wildman–Crippen MR) is 77.2 cm³/mol. The number of nitrogens with one attached hydrogen (secondary N) is 1. The lowest BCUT2D eigenvalue weighted by molar-refractivity contribution is -0.144. The Labute approximate surface area is 123 Å². The van der Waals surface area contributed by atoms with Crippen molar-refractivity contribution in [3.63, 3.8) is 0 Å². The van der Waals surface area contributed by atoms with Crippen molar-refractivity contribution in [2.75, 3.05) is 39.9 Å². The summed E-state index contributed by atoms with van der Waals surface area (Å²) in [6.45, 7) is 2.89. The molecule has 1 aromatic carbocycles. The SMILES string of the molecule is CN(CCOc1ccc(Cl)cc1)C(=O)C1CNCCO1. The molecule has 0 spiro atoms. The summed E-state index contributed by atoms with van der Waals surface area (Å²) >= 11 is 5.80. The Morgan fingerprint density at radius 3 is 2.90 bits per heavy atom. The number of carbonyl (C=O) groups is 1. The molecule has 0 saturated carbocycles. The molecule has 5 nitrogen and oxygen atoms in total. The number of hydrogen-bond donors (Lipinski definition) is 1. The molecular weight excluding hydrogens is 280 g/mol. The van der Waals surface area contributed by atoms with Gasteiger partial charge in [-0.15, -0.1) is 0 Å². The Bertz CT molecular complexity index is 433. The molecule has 1 heterocycles. The summed E-state index contributed by atoms with van der Waals surface area (Å²) in [6.07, 6.45) is -0.385. The zero-order chi connectivity index (χ0) is 14.4. The first-order valence-corrected chi connectivity index (χ1v) is 7.00. The van der Waals surface area contributed by atoms with Gasteiger partial charge >= 0.3 is 0 Å². The molecule has 1 amide bonds. The molecule has 0 aromatic heterocycles. The first-order chi connectivity index (χ1) is 9.66.